The van der Waals surface area contributed by atoms with Crippen LogP contribution in [0.3, 0.4) is 0 Å². The van der Waals surface area contributed by atoms with Gasteiger partial charge in [0.2, 0.25) is 0 Å². The molecule has 0 aliphatic heterocycles. The molecule has 1 heterocycles. The second-order valence-electron chi connectivity index (χ2n) is 4.72. The molecule has 0 unspecified atom stereocenters. The first-order valence-electron chi connectivity index (χ1n) is 6.82. The maximum Gasteiger partial charge on any atom is 2.00 e. The van der Waals surface area contributed by atoms with Gasteiger partial charge in [0.1, 0.15) is 0 Å². The summed E-state index contributed by atoms with van der Waals surface area (Å²) in [4.78, 5) is 11.2. The van der Waals surface area contributed by atoms with Gasteiger partial charge >= 0.3 is 21.1 Å². The zero-order valence-corrected chi connectivity index (χ0v) is 15.9. The van der Waals surface area contributed by atoms with Crippen molar-refractivity contribution in [1.82, 2.24) is 0 Å². The molecule has 0 saturated heterocycles. The van der Waals surface area contributed by atoms with Crippen LogP contribution in [-0.2, 0) is 25.9 Å². The van der Waals surface area contributed by atoms with E-state index in [1.807, 2.05) is 24.3 Å². The summed E-state index contributed by atoms with van der Waals surface area (Å²) in [6.45, 7) is 2.85. The van der Waals surface area contributed by atoms with E-state index in [0.717, 1.165) is 10.4 Å². The first-order valence-corrected chi connectivity index (χ1v) is 7.63. The molecule has 120 valence electrons. The Labute approximate surface area is 154 Å². The molecule has 0 fully saturated rings. The topological polar surface area (TPSA) is 37.3 Å². The van der Waals surface area contributed by atoms with Gasteiger partial charge in [0, 0.05) is 6.08 Å². The van der Waals surface area contributed by atoms with E-state index < -0.39 is 0 Å². The van der Waals surface area contributed by atoms with E-state index in [0.29, 0.717) is 0 Å². The van der Waals surface area contributed by atoms with Crippen molar-refractivity contribution in [1.29, 1.82) is 0 Å². The third-order valence-corrected chi connectivity index (χ3v) is 3.82. The summed E-state index contributed by atoms with van der Waals surface area (Å²) in [5.41, 5.74) is 1.12. The Morgan fingerprint density at radius 3 is 2.35 bits per heavy atom. The van der Waals surface area contributed by atoms with Gasteiger partial charge < -0.3 is 5.11 Å². The minimum Gasteiger partial charge on any atom is -0.512 e. The number of hydrogen-bond acceptors (Lipinski definition) is 3. The maximum absolute atomic E-state index is 10.0. The average Bonchev–Trinajstić information content (AvgIpc) is 2.91. The zero-order valence-electron chi connectivity index (χ0n) is 12.8. The molecule has 0 radical (unpaired) electrons. The second kappa shape index (κ2) is 9.44. The van der Waals surface area contributed by atoms with Gasteiger partial charge in [-0.1, -0.05) is 16.8 Å². The summed E-state index contributed by atoms with van der Waals surface area (Å²) in [5, 5.41) is 9.55. The van der Waals surface area contributed by atoms with Gasteiger partial charge in [0.05, 0.1) is 5.76 Å². The largest absolute Gasteiger partial charge is 2.00 e. The van der Waals surface area contributed by atoms with Crippen molar-refractivity contribution in [3.63, 3.8) is 0 Å². The summed E-state index contributed by atoms with van der Waals surface area (Å²) in [6.07, 6.45) is 1.17. The number of ketones is 1. The van der Waals surface area contributed by atoms with Crippen LogP contribution >= 0.6 is 11.3 Å². The van der Waals surface area contributed by atoms with Crippen LogP contribution < -0.4 is 0 Å². The molecule has 4 heteroatoms. The van der Waals surface area contributed by atoms with Crippen LogP contribution in [-0.4, -0.2) is 10.9 Å². The molecule has 23 heavy (non-hydrogen) atoms. The van der Waals surface area contributed by atoms with Gasteiger partial charge in [-0.3, -0.25) is 16.1 Å². The van der Waals surface area contributed by atoms with Gasteiger partial charge in [-0.25, -0.2) is 5.56 Å². The number of carbonyl (C=O) groups excluding carboxylic acids is 1. The molecule has 0 atom stereocenters. The molecule has 0 aliphatic carbocycles. The molecule has 0 spiro atoms. The molecular formula is C19H16O2PtS. The average molecular weight is 503 g/mol. The monoisotopic (exact) mass is 503 g/mol. The standard InChI is InChI=1S/C14H8S.C5H8O2.Pt/c1-2-6-11(7-3-1)14-10-12-8-4-5-9-13(12)15-14;1-4(6)3-5(2)7;/h1-6,8-9H;3,6H,1-2H3;/q-2;;+2/b;4-3-;. The van der Waals surface area contributed by atoms with Crippen molar-refractivity contribution in [2.45, 2.75) is 13.8 Å². The Hall–Kier alpha value is -1.70. The predicted molar refractivity (Wildman–Crippen MR) is 92.0 cm³/mol. The number of aliphatic hydroxyl groups is 1. The van der Waals surface area contributed by atoms with E-state index >= 15 is 0 Å². The Bertz CT molecular complexity index is 754. The van der Waals surface area contributed by atoms with Gasteiger partial charge in [0.25, 0.3) is 0 Å². The minimum atomic E-state index is -0.125. The quantitative estimate of drug-likeness (QED) is 0.297. The smallest absolute Gasteiger partial charge is 0.512 e. The number of hydrogen-bond donors (Lipinski definition) is 1. The van der Waals surface area contributed by atoms with E-state index in [9.17, 15) is 4.79 Å². The van der Waals surface area contributed by atoms with Crippen LogP contribution in [0.5, 0.6) is 0 Å². The van der Waals surface area contributed by atoms with Gasteiger partial charge in [-0.2, -0.15) is 30.3 Å². The number of allylic oxidation sites excluding steroid dienone is 2. The van der Waals surface area contributed by atoms with Crippen molar-refractivity contribution in [2.75, 3.05) is 0 Å². The van der Waals surface area contributed by atoms with E-state index in [1.165, 1.54) is 30.0 Å². The fourth-order valence-electron chi connectivity index (χ4n) is 1.87. The van der Waals surface area contributed by atoms with Crippen molar-refractivity contribution in [2.24, 2.45) is 0 Å². The second-order valence-corrected chi connectivity index (χ2v) is 5.78. The Morgan fingerprint density at radius 1 is 1.13 bits per heavy atom. The molecule has 0 bridgehead atoms. The molecule has 3 rings (SSSR count). The van der Waals surface area contributed by atoms with Crippen molar-refractivity contribution < 1.29 is 31.0 Å². The van der Waals surface area contributed by atoms with Gasteiger partial charge in [-0.15, -0.1) is 28.5 Å². The molecule has 1 N–H and O–H groups in total. The van der Waals surface area contributed by atoms with Crippen LogP contribution in [0.2, 0.25) is 0 Å². The first-order chi connectivity index (χ1) is 10.6. The van der Waals surface area contributed by atoms with Crippen molar-refractivity contribution >= 4 is 27.2 Å². The van der Waals surface area contributed by atoms with E-state index in [-0.39, 0.29) is 32.6 Å². The minimum absolute atomic E-state index is 0. The van der Waals surface area contributed by atoms with Crippen molar-refractivity contribution in [3.05, 3.63) is 72.5 Å². The number of fused-ring (bicyclic) bond motifs is 1. The first kappa shape index (κ1) is 19.3. The molecule has 0 amide bonds. The molecule has 0 saturated carbocycles. The molecule has 3 aromatic rings. The van der Waals surface area contributed by atoms with E-state index in [4.69, 9.17) is 5.11 Å². The number of benzene rings is 2. The summed E-state index contributed by atoms with van der Waals surface area (Å²) in [7, 11) is 0. The zero-order chi connectivity index (χ0) is 15.9. The van der Waals surface area contributed by atoms with Gasteiger partial charge in [0.15, 0.2) is 5.78 Å². The fourth-order valence-corrected chi connectivity index (χ4v) is 2.86. The number of aliphatic hydroxyl groups excluding tert-OH is 1. The maximum atomic E-state index is 10.0. The van der Waals surface area contributed by atoms with E-state index in [1.54, 1.807) is 11.3 Å². The summed E-state index contributed by atoms with van der Waals surface area (Å²) < 4.78 is 1.28. The Kier molecular flexibility index (Phi) is 7.94. The third-order valence-electron chi connectivity index (χ3n) is 2.71. The summed E-state index contributed by atoms with van der Waals surface area (Å²) >= 11 is 1.76. The van der Waals surface area contributed by atoms with Crippen molar-refractivity contribution in [3.8, 4) is 10.4 Å². The number of carbonyl (C=O) groups is 1. The van der Waals surface area contributed by atoms with E-state index in [2.05, 4.69) is 36.4 Å². The third kappa shape index (κ3) is 6.13. The fraction of sp³-hybridized carbons (Fsp3) is 0.105. The molecule has 1 aromatic heterocycles. The summed E-state index contributed by atoms with van der Waals surface area (Å²) in [5.74, 6) is -0.0625. The molecular weight excluding hydrogens is 487 g/mol. The van der Waals surface area contributed by atoms with Crippen LogP contribution in [0.25, 0.3) is 20.5 Å². The van der Waals surface area contributed by atoms with Crippen LogP contribution in [0.1, 0.15) is 13.8 Å². The van der Waals surface area contributed by atoms with Crippen LogP contribution in [0.4, 0.5) is 0 Å². The SMILES string of the molecule is CC(=O)/C=C(/C)O.[Pt+2].[c-]1ccccc1-c1[c-]c2ccccc2s1. The van der Waals surface area contributed by atoms with Crippen LogP contribution in [0, 0.1) is 12.1 Å². The Morgan fingerprint density at radius 2 is 1.83 bits per heavy atom. The molecule has 0 aliphatic rings. The predicted octanol–water partition coefficient (Wildman–Crippen LogP) is 5.20. The molecule has 2 nitrogen and oxygen atoms in total. The summed E-state index contributed by atoms with van der Waals surface area (Å²) in [6, 6.07) is 23.0. The Balaban J connectivity index is 0.000000287. The number of thiophene rings is 1. The normalized spacial score (nSPS) is 10.4. The molecule has 2 aromatic carbocycles. The number of rotatable bonds is 2. The van der Waals surface area contributed by atoms with Crippen LogP contribution in [0.15, 0.2) is 60.4 Å². The van der Waals surface area contributed by atoms with Gasteiger partial charge in [-0.05, 0) is 13.8 Å².